The number of hydrogen-bond donors (Lipinski definition) is 1. The average molecular weight is 463 g/mol. The summed E-state index contributed by atoms with van der Waals surface area (Å²) in [6.45, 7) is 7.45. The SMILES string of the molecule is Cc1ccc(C(=O)NCCCCCc2nc3ccccc3n2CC(=O)N2CCOCC2)c(C)c1. The number of carbonyl (C=O) groups is 2. The second kappa shape index (κ2) is 11.3. The van der Waals surface area contributed by atoms with Crippen molar-refractivity contribution in [1.82, 2.24) is 19.8 Å². The fourth-order valence-electron chi connectivity index (χ4n) is 4.49. The van der Waals surface area contributed by atoms with Crippen molar-refractivity contribution in [2.24, 2.45) is 0 Å². The molecule has 0 aliphatic carbocycles. The van der Waals surface area contributed by atoms with Crippen molar-refractivity contribution in [2.45, 2.75) is 46.1 Å². The summed E-state index contributed by atoms with van der Waals surface area (Å²) in [5.41, 5.74) is 4.83. The number of morpholine rings is 1. The fraction of sp³-hybridized carbons (Fsp3) is 0.444. The number of aryl methyl sites for hydroxylation is 3. The molecular weight excluding hydrogens is 428 g/mol. The van der Waals surface area contributed by atoms with Gasteiger partial charge in [-0.3, -0.25) is 9.59 Å². The molecule has 1 aliphatic heterocycles. The van der Waals surface area contributed by atoms with Crippen LogP contribution in [0.15, 0.2) is 42.5 Å². The molecule has 0 unspecified atom stereocenters. The molecule has 1 aliphatic rings. The van der Waals surface area contributed by atoms with Crippen LogP contribution in [-0.2, 0) is 22.5 Å². The van der Waals surface area contributed by atoms with Crippen LogP contribution in [0.5, 0.6) is 0 Å². The first-order valence-corrected chi connectivity index (χ1v) is 12.2. The predicted octanol–water partition coefficient (Wildman–Crippen LogP) is 3.65. The minimum atomic E-state index is -0.0130. The van der Waals surface area contributed by atoms with Crippen molar-refractivity contribution in [3.8, 4) is 0 Å². The highest BCUT2D eigenvalue weighted by molar-refractivity contribution is 5.95. The van der Waals surface area contributed by atoms with Crippen molar-refractivity contribution < 1.29 is 14.3 Å². The van der Waals surface area contributed by atoms with Crippen LogP contribution in [0.2, 0.25) is 0 Å². The van der Waals surface area contributed by atoms with Crippen LogP contribution in [0.4, 0.5) is 0 Å². The van der Waals surface area contributed by atoms with E-state index in [1.807, 2.05) is 61.2 Å². The maximum absolute atomic E-state index is 12.9. The van der Waals surface area contributed by atoms with E-state index in [9.17, 15) is 9.59 Å². The van der Waals surface area contributed by atoms with Gasteiger partial charge >= 0.3 is 0 Å². The summed E-state index contributed by atoms with van der Waals surface area (Å²) in [5, 5.41) is 3.03. The number of nitrogens with zero attached hydrogens (tertiary/aromatic N) is 3. The number of para-hydroxylation sites is 2. The Morgan fingerprint density at radius 3 is 2.62 bits per heavy atom. The zero-order chi connectivity index (χ0) is 23.9. The number of unbranched alkanes of at least 4 members (excludes halogenated alkanes) is 2. The molecule has 1 saturated heterocycles. The summed E-state index contributed by atoms with van der Waals surface area (Å²) in [5.74, 6) is 1.05. The van der Waals surface area contributed by atoms with Crippen LogP contribution < -0.4 is 5.32 Å². The molecule has 2 amide bonds. The highest BCUT2D eigenvalue weighted by Gasteiger charge is 2.20. The van der Waals surface area contributed by atoms with Crippen LogP contribution in [0.3, 0.4) is 0 Å². The molecule has 0 bridgehead atoms. The van der Waals surface area contributed by atoms with Crippen molar-refractivity contribution in [3.05, 3.63) is 65.0 Å². The molecule has 0 saturated carbocycles. The van der Waals surface area contributed by atoms with Gasteiger partial charge in [0.25, 0.3) is 5.91 Å². The van der Waals surface area contributed by atoms with Gasteiger partial charge in [-0.15, -0.1) is 0 Å². The van der Waals surface area contributed by atoms with Crippen LogP contribution in [0.1, 0.15) is 46.6 Å². The molecule has 7 heteroatoms. The maximum Gasteiger partial charge on any atom is 0.251 e. The Kier molecular flexibility index (Phi) is 7.95. The average Bonchev–Trinajstić information content (AvgIpc) is 3.18. The Labute approximate surface area is 201 Å². The zero-order valence-electron chi connectivity index (χ0n) is 20.2. The van der Waals surface area contributed by atoms with E-state index < -0.39 is 0 Å². The molecule has 3 aromatic rings. The molecule has 0 atom stereocenters. The monoisotopic (exact) mass is 462 g/mol. The third-order valence-electron chi connectivity index (χ3n) is 6.38. The van der Waals surface area contributed by atoms with E-state index in [4.69, 9.17) is 9.72 Å². The molecule has 7 nitrogen and oxygen atoms in total. The van der Waals surface area contributed by atoms with Gasteiger partial charge in [0.05, 0.1) is 24.2 Å². The minimum absolute atomic E-state index is 0.0130. The van der Waals surface area contributed by atoms with E-state index >= 15 is 0 Å². The van der Waals surface area contributed by atoms with Crippen molar-refractivity contribution in [1.29, 1.82) is 0 Å². The Bertz CT molecular complexity index is 1150. The lowest BCUT2D eigenvalue weighted by molar-refractivity contribution is -0.135. The molecule has 1 N–H and O–H groups in total. The summed E-state index contributed by atoms with van der Waals surface area (Å²) in [6.07, 6.45) is 3.64. The lowest BCUT2D eigenvalue weighted by Crippen LogP contribution is -2.42. The van der Waals surface area contributed by atoms with E-state index in [2.05, 4.69) is 9.88 Å². The van der Waals surface area contributed by atoms with Gasteiger partial charge in [-0.1, -0.05) is 36.2 Å². The van der Waals surface area contributed by atoms with Crippen molar-refractivity contribution in [3.63, 3.8) is 0 Å². The summed E-state index contributed by atoms with van der Waals surface area (Å²) < 4.78 is 7.44. The van der Waals surface area contributed by atoms with Gasteiger partial charge in [0, 0.05) is 31.6 Å². The Morgan fingerprint density at radius 2 is 1.82 bits per heavy atom. The second-order valence-corrected chi connectivity index (χ2v) is 8.98. The number of ether oxygens (including phenoxy) is 1. The Hall–Kier alpha value is -3.19. The van der Waals surface area contributed by atoms with E-state index in [-0.39, 0.29) is 11.8 Å². The highest BCUT2D eigenvalue weighted by Crippen LogP contribution is 2.18. The van der Waals surface area contributed by atoms with E-state index in [1.165, 1.54) is 0 Å². The number of imidazole rings is 1. The first-order chi connectivity index (χ1) is 16.5. The number of fused-ring (bicyclic) bond motifs is 1. The minimum Gasteiger partial charge on any atom is -0.378 e. The molecule has 0 radical (unpaired) electrons. The maximum atomic E-state index is 12.9. The summed E-state index contributed by atoms with van der Waals surface area (Å²) >= 11 is 0. The van der Waals surface area contributed by atoms with E-state index in [0.29, 0.717) is 39.4 Å². The van der Waals surface area contributed by atoms with Crippen LogP contribution in [0, 0.1) is 13.8 Å². The summed E-state index contributed by atoms with van der Waals surface area (Å²) in [6, 6.07) is 13.9. The van der Waals surface area contributed by atoms with Gasteiger partial charge in [0.1, 0.15) is 12.4 Å². The Balaban J connectivity index is 1.29. The lowest BCUT2D eigenvalue weighted by Gasteiger charge is -2.27. The van der Waals surface area contributed by atoms with Gasteiger partial charge in [-0.2, -0.15) is 0 Å². The normalized spacial score (nSPS) is 13.9. The quantitative estimate of drug-likeness (QED) is 0.493. The predicted molar refractivity (Wildman–Crippen MR) is 133 cm³/mol. The molecule has 1 aromatic heterocycles. The standard InChI is InChI=1S/C27H34N4O3/c1-20-11-12-22(21(2)18-20)27(33)28-13-7-3-4-10-25-29-23-8-5-6-9-24(23)31(25)19-26(32)30-14-16-34-17-15-30/h5-6,8-9,11-12,18H,3-4,7,10,13-17,19H2,1-2H3,(H,28,33). The zero-order valence-corrected chi connectivity index (χ0v) is 20.2. The smallest absolute Gasteiger partial charge is 0.251 e. The number of hydrogen-bond acceptors (Lipinski definition) is 4. The van der Waals surface area contributed by atoms with Crippen LogP contribution >= 0.6 is 0 Å². The topological polar surface area (TPSA) is 76.5 Å². The molecule has 2 aromatic carbocycles. The van der Waals surface area contributed by atoms with Gasteiger partial charge in [0.2, 0.25) is 5.91 Å². The molecule has 4 rings (SSSR count). The molecule has 0 spiro atoms. The number of benzene rings is 2. The van der Waals surface area contributed by atoms with E-state index in [1.54, 1.807) is 0 Å². The van der Waals surface area contributed by atoms with Crippen LogP contribution in [0.25, 0.3) is 11.0 Å². The Morgan fingerprint density at radius 1 is 1.03 bits per heavy atom. The number of aromatic nitrogens is 2. The first kappa shape index (κ1) is 24.0. The molecule has 1 fully saturated rings. The molecule has 180 valence electrons. The third kappa shape index (κ3) is 5.83. The molecule has 34 heavy (non-hydrogen) atoms. The number of amides is 2. The van der Waals surface area contributed by atoms with Crippen LogP contribution in [-0.4, -0.2) is 59.1 Å². The summed E-state index contributed by atoms with van der Waals surface area (Å²) in [7, 11) is 0. The number of rotatable bonds is 9. The third-order valence-corrected chi connectivity index (χ3v) is 6.38. The second-order valence-electron chi connectivity index (χ2n) is 8.98. The van der Waals surface area contributed by atoms with Gasteiger partial charge in [-0.05, 0) is 50.5 Å². The van der Waals surface area contributed by atoms with Gasteiger partial charge in [0.15, 0.2) is 0 Å². The molecule has 2 heterocycles. The van der Waals surface area contributed by atoms with Crippen molar-refractivity contribution in [2.75, 3.05) is 32.8 Å². The van der Waals surface area contributed by atoms with E-state index in [0.717, 1.165) is 59.2 Å². The first-order valence-electron chi connectivity index (χ1n) is 12.2. The fourth-order valence-corrected chi connectivity index (χ4v) is 4.49. The lowest BCUT2D eigenvalue weighted by atomic mass is 10.1. The molecular formula is C27H34N4O3. The highest BCUT2D eigenvalue weighted by atomic mass is 16.5. The van der Waals surface area contributed by atoms with Gasteiger partial charge in [-0.25, -0.2) is 4.98 Å². The largest absolute Gasteiger partial charge is 0.378 e. The summed E-state index contributed by atoms with van der Waals surface area (Å²) in [4.78, 5) is 32.0. The number of nitrogens with one attached hydrogen (secondary N) is 1. The van der Waals surface area contributed by atoms with Crippen molar-refractivity contribution >= 4 is 22.8 Å². The number of carbonyl (C=O) groups excluding carboxylic acids is 2. The van der Waals surface area contributed by atoms with Gasteiger partial charge < -0.3 is 19.5 Å².